The minimum absolute atomic E-state index is 0. The summed E-state index contributed by atoms with van der Waals surface area (Å²) >= 11 is 0. The molecule has 0 N–H and O–H groups in total. The number of halogens is 2. The van der Waals surface area contributed by atoms with Gasteiger partial charge in [0.15, 0.2) is 0 Å². The molecule has 6 rings (SSSR count). The Morgan fingerprint density at radius 3 is 0.463 bits per heavy atom. The summed E-state index contributed by atoms with van der Waals surface area (Å²) in [5, 5.41) is 8.39. The number of hydrogen-bond acceptors (Lipinski definition) is 0. The topological polar surface area (TPSA) is 0 Å². The Bertz CT molecular complexity index is 1180. The van der Waals surface area contributed by atoms with Crippen LogP contribution in [0.2, 0.25) is 0 Å². The fourth-order valence-electron chi connectivity index (χ4n) is 4.36. The van der Waals surface area contributed by atoms with Crippen LogP contribution in [0.4, 0.5) is 0 Å². The molecule has 0 radical (unpaired) electrons. The van der Waals surface area contributed by atoms with Gasteiger partial charge in [0.25, 0.3) is 0 Å². The number of rotatable bonds is 6. The molecule has 0 amide bonds. The Hall–Kier alpha value is -2.62. The van der Waals surface area contributed by atoms with Crippen molar-refractivity contribution < 1.29 is 44.3 Å². The van der Waals surface area contributed by atoms with E-state index in [0.717, 1.165) is 0 Å². The zero-order valence-electron chi connectivity index (χ0n) is 22.3. The molecular weight excluding hydrogens is 666 g/mol. The molecule has 0 unspecified atom stereocenters. The van der Waals surface area contributed by atoms with Gasteiger partial charge >= 0.3 is 19.5 Å². The van der Waals surface area contributed by atoms with Crippen molar-refractivity contribution in [3.8, 4) is 0 Å². The molecule has 6 aromatic rings. The average Bonchev–Trinajstić information content (AvgIpc) is 3.01. The van der Waals surface area contributed by atoms with Gasteiger partial charge in [-0.1, -0.05) is 182 Å². The Kier molecular flexibility index (Phi) is 15.8. The maximum atomic E-state index is 2.23. The fraction of sp³-hybridized carbons (Fsp3) is 0. The number of benzene rings is 6. The summed E-state index contributed by atoms with van der Waals surface area (Å²) in [7, 11) is -0.892. The van der Waals surface area contributed by atoms with Crippen LogP contribution in [0, 0.1) is 0 Å². The second kappa shape index (κ2) is 18.7. The van der Waals surface area contributed by atoms with Crippen molar-refractivity contribution in [2.24, 2.45) is 0 Å². The van der Waals surface area contributed by atoms with Crippen LogP contribution >= 0.6 is 15.8 Å². The predicted molar refractivity (Wildman–Crippen MR) is 170 cm³/mol. The van der Waals surface area contributed by atoms with E-state index in [0.29, 0.717) is 0 Å². The predicted octanol–water partition coefficient (Wildman–Crippen LogP) is 0.895. The van der Waals surface area contributed by atoms with Crippen molar-refractivity contribution in [3.05, 3.63) is 182 Å². The molecule has 0 atom stereocenters. The fourth-order valence-corrected chi connectivity index (χ4v) is 8.97. The molecule has 0 nitrogen and oxygen atoms in total. The van der Waals surface area contributed by atoms with E-state index in [1.54, 1.807) is 0 Å². The van der Waals surface area contributed by atoms with E-state index in [-0.39, 0.29) is 44.3 Å². The summed E-state index contributed by atoms with van der Waals surface area (Å²) in [6, 6.07) is 64.7. The van der Waals surface area contributed by atoms with Crippen LogP contribution in [0.5, 0.6) is 0 Å². The van der Waals surface area contributed by atoms with Crippen molar-refractivity contribution in [3.63, 3.8) is 0 Å². The molecule has 206 valence electrons. The van der Waals surface area contributed by atoms with Crippen molar-refractivity contribution in [1.82, 2.24) is 0 Å². The number of hydrogen-bond donors (Lipinski definition) is 0. The van der Waals surface area contributed by atoms with Crippen molar-refractivity contribution in [2.75, 3.05) is 0 Å². The molecule has 0 fully saturated rings. The molecule has 0 bridgehead atoms. The molecule has 0 aliphatic heterocycles. The van der Waals surface area contributed by atoms with Gasteiger partial charge in [-0.05, 0) is 47.7 Å². The summed E-state index contributed by atoms with van der Waals surface area (Å²) in [5.74, 6) is 0. The normalized spacial score (nSPS) is 9.80. The van der Waals surface area contributed by atoms with Gasteiger partial charge in [-0.2, -0.15) is 0 Å². The van der Waals surface area contributed by atoms with Gasteiger partial charge in [-0.15, -0.1) is 0 Å². The van der Waals surface area contributed by atoms with Crippen LogP contribution in [0.3, 0.4) is 0 Å². The Morgan fingerprint density at radius 1 is 0.220 bits per heavy atom. The first-order valence-corrected chi connectivity index (χ1v) is 15.5. The summed E-state index contributed by atoms with van der Waals surface area (Å²) < 4.78 is 0. The SMILES string of the molecule is [Cl-].[Cl-].[Ru+2].c1ccc(P(c2ccccc2)c2ccccc2)cc1.c1ccc(P(c2ccccc2)c2ccccc2)cc1. The molecule has 0 saturated carbocycles. The van der Waals surface area contributed by atoms with Crippen molar-refractivity contribution in [1.29, 1.82) is 0 Å². The molecule has 41 heavy (non-hydrogen) atoms. The summed E-state index contributed by atoms with van der Waals surface area (Å²) in [5.41, 5.74) is 0. The first-order chi connectivity index (χ1) is 18.9. The molecule has 0 heterocycles. The molecule has 0 aromatic heterocycles. The van der Waals surface area contributed by atoms with Gasteiger partial charge in [0.05, 0.1) is 0 Å². The largest absolute Gasteiger partial charge is 2.00 e. The van der Waals surface area contributed by atoms with Gasteiger partial charge in [-0.25, -0.2) is 0 Å². The minimum atomic E-state index is -0.446. The molecule has 0 aliphatic rings. The van der Waals surface area contributed by atoms with Crippen LogP contribution in [0.1, 0.15) is 0 Å². The van der Waals surface area contributed by atoms with Crippen LogP contribution in [-0.2, 0) is 19.5 Å². The minimum Gasteiger partial charge on any atom is -1.00 e. The molecule has 0 aliphatic carbocycles. The zero-order chi connectivity index (χ0) is 25.8. The van der Waals surface area contributed by atoms with E-state index < -0.39 is 15.8 Å². The quantitative estimate of drug-likeness (QED) is 0.180. The van der Waals surface area contributed by atoms with Gasteiger partial charge in [0.1, 0.15) is 0 Å². The molecule has 0 saturated heterocycles. The first-order valence-electron chi connectivity index (χ1n) is 12.8. The zero-order valence-corrected chi connectivity index (χ0v) is 27.4. The Balaban J connectivity index is 0.000000267. The van der Waals surface area contributed by atoms with Gasteiger partial charge in [0.2, 0.25) is 0 Å². The first kappa shape index (κ1) is 34.6. The van der Waals surface area contributed by atoms with Crippen LogP contribution in [0.15, 0.2) is 182 Å². The Labute approximate surface area is 272 Å². The molecule has 6 aromatic carbocycles. The third-order valence-corrected chi connectivity index (χ3v) is 11.0. The van der Waals surface area contributed by atoms with Gasteiger partial charge in [0, 0.05) is 0 Å². The summed E-state index contributed by atoms with van der Waals surface area (Å²) in [6.45, 7) is 0. The third kappa shape index (κ3) is 9.72. The van der Waals surface area contributed by atoms with E-state index in [1.807, 2.05) is 0 Å². The van der Waals surface area contributed by atoms with E-state index >= 15 is 0 Å². The van der Waals surface area contributed by atoms with Crippen LogP contribution in [0.25, 0.3) is 0 Å². The smallest absolute Gasteiger partial charge is 1.00 e. The van der Waals surface area contributed by atoms with Crippen LogP contribution < -0.4 is 56.6 Å². The molecule has 0 spiro atoms. The maximum absolute atomic E-state index is 2.23. The monoisotopic (exact) mass is 696 g/mol. The van der Waals surface area contributed by atoms with Crippen LogP contribution in [-0.4, -0.2) is 0 Å². The standard InChI is InChI=1S/2C18H15P.2ClH.Ru/c2*1-4-10-16(11-5-1)19(17-12-6-2-7-13-17)18-14-8-3-9-15-18;;;/h2*1-15H;2*1H;/q;;;;+2/p-2. The second-order valence-electron chi connectivity index (χ2n) is 8.68. The second-order valence-corrected chi connectivity index (χ2v) is 13.1. The molecule has 5 heteroatoms. The van der Waals surface area contributed by atoms with Gasteiger partial charge in [-0.3, -0.25) is 0 Å². The van der Waals surface area contributed by atoms with Crippen molar-refractivity contribution >= 4 is 47.7 Å². The third-order valence-electron chi connectivity index (χ3n) is 6.09. The van der Waals surface area contributed by atoms with Crippen molar-refractivity contribution in [2.45, 2.75) is 0 Å². The summed E-state index contributed by atoms with van der Waals surface area (Å²) in [6.07, 6.45) is 0. The molecular formula is C36H30Cl2P2Ru. The summed E-state index contributed by atoms with van der Waals surface area (Å²) in [4.78, 5) is 0. The Morgan fingerprint density at radius 2 is 0.341 bits per heavy atom. The average molecular weight is 697 g/mol. The van der Waals surface area contributed by atoms with E-state index in [9.17, 15) is 0 Å². The van der Waals surface area contributed by atoms with Gasteiger partial charge < -0.3 is 24.8 Å². The van der Waals surface area contributed by atoms with E-state index in [4.69, 9.17) is 0 Å². The van der Waals surface area contributed by atoms with E-state index in [1.165, 1.54) is 31.8 Å². The van der Waals surface area contributed by atoms with E-state index in [2.05, 4.69) is 182 Å². The maximum Gasteiger partial charge on any atom is 2.00 e.